The predicted octanol–water partition coefficient (Wildman–Crippen LogP) is 3.79. The first kappa shape index (κ1) is 24.5. The Morgan fingerprint density at radius 1 is 1.09 bits per heavy atom. The number of nitrogens with zero attached hydrogens (tertiary/aromatic N) is 1. The van der Waals surface area contributed by atoms with E-state index in [9.17, 15) is 9.59 Å². The highest BCUT2D eigenvalue weighted by molar-refractivity contribution is 6.33. The minimum absolute atomic E-state index is 0.0105. The summed E-state index contributed by atoms with van der Waals surface area (Å²) in [6, 6.07) is 14.9. The van der Waals surface area contributed by atoms with E-state index in [0.29, 0.717) is 49.8 Å². The molecule has 7 nitrogen and oxygen atoms in total. The van der Waals surface area contributed by atoms with Gasteiger partial charge in [-0.3, -0.25) is 9.69 Å². The third kappa shape index (κ3) is 5.06. The number of nitrogens with one attached hydrogen (secondary N) is 1. The van der Waals surface area contributed by atoms with E-state index >= 15 is 0 Å². The lowest BCUT2D eigenvalue weighted by Gasteiger charge is -2.43. The average Bonchev–Trinajstić information content (AvgIpc) is 3.65. The Hall–Kier alpha value is -2.61. The monoisotopic (exact) mass is 486 g/mol. The lowest BCUT2D eigenvalue weighted by Crippen LogP contribution is -2.62. The van der Waals surface area contributed by atoms with Gasteiger partial charge in [0.05, 0.1) is 23.2 Å². The van der Waals surface area contributed by atoms with Crippen LogP contribution in [0, 0.1) is 0 Å². The van der Waals surface area contributed by atoms with Crippen LogP contribution in [0.4, 0.5) is 0 Å². The third-order valence-electron chi connectivity index (χ3n) is 6.94. The largest absolute Gasteiger partial charge is 0.492 e. The van der Waals surface area contributed by atoms with Gasteiger partial charge in [-0.25, -0.2) is 4.79 Å². The number of halogens is 1. The molecule has 0 bridgehead atoms. The number of esters is 1. The summed E-state index contributed by atoms with van der Waals surface area (Å²) in [5.74, 6) is 0.320. The molecular formula is C26H31ClN2O5. The molecule has 1 amide bonds. The zero-order valence-electron chi connectivity index (χ0n) is 19.6. The first-order chi connectivity index (χ1) is 16.4. The van der Waals surface area contributed by atoms with Gasteiger partial charge in [0.25, 0.3) is 0 Å². The van der Waals surface area contributed by atoms with E-state index in [2.05, 4.69) is 10.2 Å². The molecule has 0 atom stereocenters. The molecule has 1 aliphatic heterocycles. The van der Waals surface area contributed by atoms with E-state index in [4.69, 9.17) is 25.8 Å². The van der Waals surface area contributed by atoms with Crippen molar-refractivity contribution in [3.8, 4) is 5.75 Å². The van der Waals surface area contributed by atoms with Crippen molar-refractivity contribution in [3.05, 3.63) is 64.7 Å². The zero-order valence-corrected chi connectivity index (χ0v) is 20.4. The van der Waals surface area contributed by atoms with Gasteiger partial charge < -0.3 is 19.5 Å². The van der Waals surface area contributed by atoms with Crippen molar-refractivity contribution in [1.29, 1.82) is 0 Å². The predicted molar refractivity (Wildman–Crippen MR) is 129 cm³/mol. The van der Waals surface area contributed by atoms with Gasteiger partial charge in [-0.05, 0) is 62.6 Å². The van der Waals surface area contributed by atoms with Gasteiger partial charge in [-0.15, -0.1) is 0 Å². The van der Waals surface area contributed by atoms with Gasteiger partial charge in [0.1, 0.15) is 17.9 Å². The van der Waals surface area contributed by atoms with Crippen LogP contribution in [-0.2, 0) is 19.8 Å². The van der Waals surface area contributed by atoms with Crippen molar-refractivity contribution in [2.75, 3.05) is 40.5 Å². The second-order valence-electron chi connectivity index (χ2n) is 8.95. The summed E-state index contributed by atoms with van der Waals surface area (Å²) in [5, 5.41) is 3.64. The Balaban J connectivity index is 1.47. The Kier molecular flexibility index (Phi) is 7.45. The van der Waals surface area contributed by atoms with Gasteiger partial charge >= 0.3 is 5.97 Å². The van der Waals surface area contributed by atoms with Crippen LogP contribution in [0.1, 0.15) is 41.6 Å². The van der Waals surface area contributed by atoms with Gasteiger partial charge in [-0.2, -0.15) is 0 Å². The van der Waals surface area contributed by atoms with Crippen LogP contribution in [0.3, 0.4) is 0 Å². The number of amides is 1. The number of hydrogen-bond acceptors (Lipinski definition) is 6. The number of benzene rings is 2. The maximum Gasteiger partial charge on any atom is 0.339 e. The molecule has 2 fully saturated rings. The van der Waals surface area contributed by atoms with Crippen molar-refractivity contribution in [3.63, 3.8) is 0 Å². The summed E-state index contributed by atoms with van der Waals surface area (Å²) in [5.41, 5.74) is 0.0657. The molecule has 1 heterocycles. The molecule has 2 aliphatic rings. The van der Waals surface area contributed by atoms with E-state index in [-0.39, 0.29) is 5.91 Å². The topological polar surface area (TPSA) is 77.1 Å². The fraction of sp³-hybridized carbons (Fsp3) is 0.462. The van der Waals surface area contributed by atoms with Crippen molar-refractivity contribution < 1.29 is 23.8 Å². The Morgan fingerprint density at radius 3 is 2.41 bits per heavy atom. The van der Waals surface area contributed by atoms with E-state index in [1.165, 1.54) is 7.11 Å². The van der Waals surface area contributed by atoms with Gasteiger partial charge in [0.15, 0.2) is 0 Å². The highest BCUT2D eigenvalue weighted by Gasteiger charge is 2.51. The summed E-state index contributed by atoms with van der Waals surface area (Å²) in [7, 11) is 3.30. The molecule has 2 aromatic carbocycles. The van der Waals surface area contributed by atoms with E-state index in [1.54, 1.807) is 12.1 Å². The number of carbonyl (C=O) groups is 2. The van der Waals surface area contributed by atoms with Crippen LogP contribution in [0.25, 0.3) is 0 Å². The van der Waals surface area contributed by atoms with E-state index in [0.717, 1.165) is 24.2 Å². The molecule has 8 heteroatoms. The fourth-order valence-electron chi connectivity index (χ4n) is 4.56. The smallest absolute Gasteiger partial charge is 0.339 e. The summed E-state index contributed by atoms with van der Waals surface area (Å²) in [4.78, 5) is 27.8. The van der Waals surface area contributed by atoms with E-state index < -0.39 is 17.0 Å². The van der Waals surface area contributed by atoms with Crippen molar-refractivity contribution in [2.24, 2.45) is 0 Å². The highest BCUT2D eigenvalue weighted by Crippen LogP contribution is 2.47. The first-order valence-corrected chi connectivity index (χ1v) is 12.0. The minimum Gasteiger partial charge on any atom is -0.492 e. The second-order valence-corrected chi connectivity index (χ2v) is 9.36. The molecule has 1 aliphatic carbocycles. The van der Waals surface area contributed by atoms with Crippen LogP contribution >= 0.6 is 11.6 Å². The van der Waals surface area contributed by atoms with Crippen molar-refractivity contribution in [2.45, 2.75) is 36.8 Å². The molecular weight excluding hydrogens is 456 g/mol. The summed E-state index contributed by atoms with van der Waals surface area (Å²) in [6.07, 6.45) is 2.86. The molecule has 1 saturated heterocycles. The first-order valence-electron chi connectivity index (χ1n) is 11.6. The molecule has 4 rings (SSSR count). The number of rotatable bonds is 9. The van der Waals surface area contributed by atoms with Crippen LogP contribution in [0.2, 0.25) is 5.02 Å². The zero-order chi connectivity index (χ0) is 24.2. The molecule has 1 N–H and O–H groups in total. The molecule has 0 radical (unpaired) electrons. The number of likely N-dealkylation sites (N-methyl/N-ethyl adjacent to an activating group) is 1. The van der Waals surface area contributed by atoms with Gasteiger partial charge in [0.2, 0.25) is 5.91 Å². The standard InChI is InChI=1S/C26H31ClN2O5/c1-29(14-17-34-20-6-4-3-5-7-20)26(12-15-33-16-13-26)24(31)28-25(10-11-25)19-8-9-21(22(27)18-19)23(30)32-2/h3-9,18H,10-17H2,1-2H3,(H,28,31). The van der Waals surface area contributed by atoms with Crippen LogP contribution in [0.15, 0.2) is 48.5 Å². The quantitative estimate of drug-likeness (QED) is 0.543. The number of para-hydroxylation sites is 1. The molecule has 34 heavy (non-hydrogen) atoms. The maximum absolute atomic E-state index is 13.8. The van der Waals surface area contributed by atoms with Crippen LogP contribution < -0.4 is 10.1 Å². The fourth-order valence-corrected chi connectivity index (χ4v) is 4.81. The number of methoxy groups -OCH3 is 1. The van der Waals surface area contributed by atoms with Gasteiger partial charge in [-0.1, -0.05) is 35.9 Å². The van der Waals surface area contributed by atoms with Crippen LogP contribution in [0.5, 0.6) is 5.75 Å². The number of ether oxygens (including phenoxy) is 3. The lowest BCUT2D eigenvalue weighted by atomic mass is 9.86. The molecule has 2 aromatic rings. The molecule has 0 unspecified atom stereocenters. The number of hydrogen-bond donors (Lipinski definition) is 1. The lowest BCUT2D eigenvalue weighted by molar-refractivity contribution is -0.140. The Labute approximate surface area is 205 Å². The summed E-state index contributed by atoms with van der Waals surface area (Å²) < 4.78 is 16.2. The van der Waals surface area contributed by atoms with Crippen molar-refractivity contribution >= 4 is 23.5 Å². The second kappa shape index (κ2) is 10.3. The molecule has 0 aromatic heterocycles. The minimum atomic E-state index is -0.677. The SMILES string of the molecule is COC(=O)c1ccc(C2(NC(=O)C3(N(C)CCOc4ccccc4)CCOCC3)CC2)cc1Cl. The maximum atomic E-state index is 13.8. The summed E-state index contributed by atoms with van der Waals surface area (Å²) in [6.45, 7) is 2.15. The Bertz CT molecular complexity index is 1020. The number of carbonyl (C=O) groups excluding carboxylic acids is 2. The highest BCUT2D eigenvalue weighted by atomic mass is 35.5. The molecule has 0 spiro atoms. The van der Waals surface area contributed by atoms with E-state index in [1.807, 2.05) is 43.4 Å². The molecule has 182 valence electrons. The molecule has 1 saturated carbocycles. The van der Waals surface area contributed by atoms with Crippen molar-refractivity contribution in [1.82, 2.24) is 10.2 Å². The normalized spacial score (nSPS) is 18.2. The third-order valence-corrected chi connectivity index (χ3v) is 7.25. The Morgan fingerprint density at radius 2 is 1.79 bits per heavy atom. The average molecular weight is 487 g/mol. The van der Waals surface area contributed by atoms with Crippen LogP contribution in [-0.4, -0.2) is 62.8 Å². The van der Waals surface area contributed by atoms with Gasteiger partial charge in [0, 0.05) is 19.8 Å². The summed E-state index contributed by atoms with van der Waals surface area (Å²) >= 11 is 6.36.